The summed E-state index contributed by atoms with van der Waals surface area (Å²) in [5.41, 5.74) is 3.36. The average Bonchev–Trinajstić information content (AvgIpc) is 2.96. The molecule has 4 rings (SSSR count). The van der Waals surface area contributed by atoms with E-state index < -0.39 is 0 Å². The molecule has 1 aliphatic heterocycles. The number of rotatable bonds is 3. The van der Waals surface area contributed by atoms with Gasteiger partial charge in [-0.15, -0.1) is 17.5 Å². The lowest BCUT2D eigenvalue weighted by Crippen LogP contribution is -2.34. The minimum atomic E-state index is 0. The molecule has 24 heavy (non-hydrogen) atoms. The second-order valence-corrected chi connectivity index (χ2v) is 6.09. The van der Waals surface area contributed by atoms with Gasteiger partial charge >= 0.3 is 0 Å². The third-order valence-corrected chi connectivity index (χ3v) is 4.45. The van der Waals surface area contributed by atoms with Crippen molar-refractivity contribution in [3.63, 3.8) is 0 Å². The van der Waals surface area contributed by atoms with Crippen LogP contribution in [0.15, 0.2) is 48.5 Å². The first-order chi connectivity index (χ1) is 11.3. The number of benzene rings is 2. The van der Waals surface area contributed by atoms with Crippen LogP contribution < -0.4 is 10.1 Å². The molecular weight excluding hydrogens is 322 g/mol. The third-order valence-electron chi connectivity index (χ3n) is 4.45. The van der Waals surface area contributed by atoms with Crippen molar-refractivity contribution in [1.82, 2.24) is 15.1 Å². The summed E-state index contributed by atoms with van der Waals surface area (Å²) in [6.07, 6.45) is 2.31. The van der Waals surface area contributed by atoms with Gasteiger partial charge in [0.05, 0.1) is 16.6 Å². The Morgan fingerprint density at radius 1 is 1.04 bits per heavy atom. The van der Waals surface area contributed by atoms with Crippen molar-refractivity contribution in [3.05, 3.63) is 54.1 Å². The molecule has 126 valence electrons. The summed E-state index contributed by atoms with van der Waals surface area (Å²) in [7, 11) is 0. The van der Waals surface area contributed by atoms with Crippen LogP contribution in [0.2, 0.25) is 0 Å². The number of hydrogen-bond donors (Lipinski definition) is 1. The van der Waals surface area contributed by atoms with Gasteiger partial charge in [0.2, 0.25) is 5.88 Å². The fraction of sp³-hybridized carbons (Fsp3) is 0.316. The van der Waals surface area contributed by atoms with E-state index in [2.05, 4.69) is 42.6 Å². The van der Waals surface area contributed by atoms with Crippen LogP contribution in [-0.4, -0.2) is 29.0 Å². The number of nitrogens with zero attached hydrogens (tertiary/aromatic N) is 2. The lowest BCUT2D eigenvalue weighted by Gasteiger charge is -2.22. The molecule has 1 aliphatic rings. The number of ether oxygens (including phenoxy) is 1. The van der Waals surface area contributed by atoms with Gasteiger partial charge in [-0.1, -0.05) is 30.3 Å². The number of piperidine rings is 1. The number of nitrogens with one attached hydrogen (secondary N) is 1. The van der Waals surface area contributed by atoms with Gasteiger partial charge in [0.1, 0.15) is 6.10 Å². The Hall–Kier alpha value is -2.04. The molecule has 1 fully saturated rings. The molecule has 5 heteroatoms. The van der Waals surface area contributed by atoms with E-state index in [0.29, 0.717) is 0 Å². The summed E-state index contributed by atoms with van der Waals surface area (Å²) < 4.78 is 8.26. The first-order valence-corrected chi connectivity index (χ1v) is 8.24. The summed E-state index contributed by atoms with van der Waals surface area (Å²) in [5, 5.41) is 9.28. The molecule has 0 saturated carbocycles. The van der Waals surface area contributed by atoms with Crippen LogP contribution in [-0.2, 0) is 0 Å². The highest BCUT2D eigenvalue weighted by atomic mass is 35.5. The van der Waals surface area contributed by atoms with Gasteiger partial charge in [-0.25, -0.2) is 4.68 Å². The molecule has 0 bridgehead atoms. The Morgan fingerprint density at radius 2 is 1.79 bits per heavy atom. The molecule has 0 amide bonds. The van der Waals surface area contributed by atoms with Crippen LogP contribution in [0, 0.1) is 6.92 Å². The zero-order valence-electron chi connectivity index (χ0n) is 13.7. The molecule has 1 saturated heterocycles. The molecule has 4 nitrogen and oxygen atoms in total. The summed E-state index contributed by atoms with van der Waals surface area (Å²) in [6.45, 7) is 4.15. The van der Waals surface area contributed by atoms with Crippen molar-refractivity contribution in [1.29, 1.82) is 0 Å². The standard InChI is InChI=1S/C19H21N3O.ClH/c1-14-6-5-9-17-18(14)19(23-16-10-12-20-13-11-16)21-22(17)15-7-3-2-4-8-15;/h2-9,16,20H,10-13H2,1H3;1H. The molecule has 0 atom stereocenters. The topological polar surface area (TPSA) is 39.1 Å². The predicted molar refractivity (Wildman–Crippen MR) is 99.6 cm³/mol. The Labute approximate surface area is 148 Å². The molecule has 0 unspecified atom stereocenters. The van der Waals surface area contributed by atoms with Gasteiger partial charge in [0.25, 0.3) is 0 Å². The van der Waals surface area contributed by atoms with E-state index >= 15 is 0 Å². The second kappa shape index (κ2) is 7.24. The van der Waals surface area contributed by atoms with Crippen LogP contribution in [0.4, 0.5) is 0 Å². The highest BCUT2D eigenvalue weighted by Crippen LogP contribution is 2.31. The number of para-hydroxylation sites is 1. The SMILES string of the molecule is Cc1cccc2c1c(OC1CCNCC1)nn2-c1ccccc1.Cl. The lowest BCUT2D eigenvalue weighted by molar-refractivity contribution is 0.157. The highest BCUT2D eigenvalue weighted by Gasteiger charge is 2.20. The lowest BCUT2D eigenvalue weighted by atomic mass is 10.1. The smallest absolute Gasteiger partial charge is 0.241 e. The monoisotopic (exact) mass is 343 g/mol. The van der Waals surface area contributed by atoms with Crippen LogP contribution in [0.25, 0.3) is 16.6 Å². The minimum absolute atomic E-state index is 0. The van der Waals surface area contributed by atoms with Crippen molar-refractivity contribution >= 4 is 23.3 Å². The zero-order chi connectivity index (χ0) is 15.6. The van der Waals surface area contributed by atoms with Crippen LogP contribution in [0.3, 0.4) is 0 Å². The van der Waals surface area contributed by atoms with Crippen LogP contribution >= 0.6 is 12.4 Å². The fourth-order valence-electron chi connectivity index (χ4n) is 3.22. The van der Waals surface area contributed by atoms with Gasteiger partial charge in [0, 0.05) is 0 Å². The molecule has 1 N–H and O–H groups in total. The van der Waals surface area contributed by atoms with Crippen molar-refractivity contribution in [2.45, 2.75) is 25.9 Å². The van der Waals surface area contributed by atoms with E-state index in [9.17, 15) is 0 Å². The maximum absolute atomic E-state index is 6.28. The number of halogens is 1. The minimum Gasteiger partial charge on any atom is -0.473 e. The van der Waals surface area contributed by atoms with Gasteiger partial charge < -0.3 is 10.1 Å². The summed E-state index contributed by atoms with van der Waals surface area (Å²) in [4.78, 5) is 0. The Morgan fingerprint density at radius 3 is 2.54 bits per heavy atom. The summed E-state index contributed by atoms with van der Waals surface area (Å²) in [5.74, 6) is 0.758. The molecule has 0 aliphatic carbocycles. The summed E-state index contributed by atoms with van der Waals surface area (Å²) >= 11 is 0. The van der Waals surface area contributed by atoms with Gasteiger partial charge in [-0.2, -0.15) is 0 Å². The van der Waals surface area contributed by atoms with E-state index in [1.165, 1.54) is 5.56 Å². The largest absolute Gasteiger partial charge is 0.473 e. The molecule has 3 aromatic rings. The molecular formula is C19H22ClN3O. The van der Waals surface area contributed by atoms with Crippen molar-refractivity contribution in [3.8, 4) is 11.6 Å². The molecule has 0 spiro atoms. The molecule has 2 heterocycles. The average molecular weight is 344 g/mol. The Balaban J connectivity index is 0.00000169. The van der Waals surface area contributed by atoms with E-state index in [-0.39, 0.29) is 18.5 Å². The number of hydrogen-bond acceptors (Lipinski definition) is 3. The molecule has 0 radical (unpaired) electrons. The number of fused-ring (bicyclic) bond motifs is 1. The van der Waals surface area contributed by atoms with Crippen molar-refractivity contribution in [2.75, 3.05) is 13.1 Å². The highest BCUT2D eigenvalue weighted by molar-refractivity contribution is 5.89. The van der Waals surface area contributed by atoms with E-state index in [4.69, 9.17) is 9.84 Å². The molecule has 1 aromatic heterocycles. The van der Waals surface area contributed by atoms with Gasteiger partial charge in [0.15, 0.2) is 0 Å². The maximum Gasteiger partial charge on any atom is 0.241 e. The Bertz CT molecular complexity index is 810. The first kappa shape index (κ1) is 16.8. The van der Waals surface area contributed by atoms with Gasteiger partial charge in [-0.05, 0) is 56.6 Å². The third kappa shape index (κ3) is 3.12. The second-order valence-electron chi connectivity index (χ2n) is 6.09. The van der Waals surface area contributed by atoms with Crippen LogP contribution in [0.5, 0.6) is 5.88 Å². The quantitative estimate of drug-likeness (QED) is 0.784. The predicted octanol–water partition coefficient (Wildman–Crippen LogP) is 3.89. The van der Waals surface area contributed by atoms with E-state index in [1.54, 1.807) is 0 Å². The van der Waals surface area contributed by atoms with Crippen molar-refractivity contribution < 1.29 is 4.74 Å². The van der Waals surface area contributed by atoms with E-state index in [1.807, 2.05) is 22.9 Å². The number of aromatic nitrogens is 2. The molecule has 2 aromatic carbocycles. The maximum atomic E-state index is 6.28. The van der Waals surface area contributed by atoms with Gasteiger partial charge in [-0.3, -0.25) is 0 Å². The first-order valence-electron chi connectivity index (χ1n) is 8.24. The summed E-state index contributed by atoms with van der Waals surface area (Å²) in [6, 6.07) is 16.5. The number of aryl methyl sites for hydroxylation is 1. The van der Waals surface area contributed by atoms with Crippen molar-refractivity contribution in [2.24, 2.45) is 0 Å². The normalized spacial score (nSPS) is 15.2. The van der Waals surface area contributed by atoms with E-state index in [0.717, 1.165) is 48.4 Å². The fourth-order valence-corrected chi connectivity index (χ4v) is 3.22. The van der Waals surface area contributed by atoms with Crippen LogP contribution in [0.1, 0.15) is 18.4 Å². The Kier molecular flexibility index (Phi) is 5.07. The zero-order valence-corrected chi connectivity index (χ0v) is 14.6.